The summed E-state index contributed by atoms with van der Waals surface area (Å²) in [6, 6.07) is 7.28. The van der Waals surface area contributed by atoms with Crippen molar-refractivity contribution in [1.82, 2.24) is 0 Å². The maximum absolute atomic E-state index is 11.3. The van der Waals surface area contributed by atoms with Gasteiger partial charge in [-0.15, -0.1) is 0 Å². The van der Waals surface area contributed by atoms with E-state index in [0.717, 1.165) is 5.56 Å². The molecule has 1 aliphatic rings. The molecule has 2 rings (SSSR count). The first-order valence-corrected chi connectivity index (χ1v) is 4.79. The third-order valence-electron chi connectivity index (χ3n) is 2.08. The van der Waals surface area contributed by atoms with Crippen molar-refractivity contribution >= 4 is 29.4 Å². The Morgan fingerprint density at radius 2 is 2.13 bits per heavy atom. The number of rotatable bonds is 1. The van der Waals surface area contributed by atoms with Crippen molar-refractivity contribution in [2.75, 3.05) is 0 Å². The van der Waals surface area contributed by atoms with Gasteiger partial charge in [0.25, 0.3) is 0 Å². The molecule has 0 aromatic heterocycles. The minimum atomic E-state index is -0.438. The Bertz CT molecular complexity index is 477. The van der Waals surface area contributed by atoms with Crippen LogP contribution in [0.2, 0.25) is 5.02 Å². The standard InChI is InChI=1S/C11H8ClNO2/c1-7-9(11(14)15-13-7)6-8-4-2-3-5-10(8)12/h2-6H,1H3. The zero-order chi connectivity index (χ0) is 10.8. The molecule has 1 aliphatic heterocycles. The summed E-state index contributed by atoms with van der Waals surface area (Å²) in [5, 5.41) is 4.18. The van der Waals surface area contributed by atoms with E-state index in [4.69, 9.17) is 11.6 Å². The van der Waals surface area contributed by atoms with Crippen LogP contribution in [0.1, 0.15) is 12.5 Å². The zero-order valence-electron chi connectivity index (χ0n) is 8.03. The lowest BCUT2D eigenvalue weighted by Crippen LogP contribution is -2.01. The first kappa shape index (κ1) is 9.93. The average Bonchev–Trinajstić information content (AvgIpc) is 2.53. The summed E-state index contributed by atoms with van der Waals surface area (Å²) in [6.07, 6.45) is 1.68. The second kappa shape index (κ2) is 3.87. The van der Waals surface area contributed by atoms with Crippen LogP contribution in [0.15, 0.2) is 35.0 Å². The van der Waals surface area contributed by atoms with Gasteiger partial charge >= 0.3 is 5.97 Å². The molecule has 0 N–H and O–H groups in total. The summed E-state index contributed by atoms with van der Waals surface area (Å²) in [7, 11) is 0. The summed E-state index contributed by atoms with van der Waals surface area (Å²) in [5.74, 6) is -0.438. The van der Waals surface area contributed by atoms with E-state index in [1.54, 1.807) is 19.1 Å². The summed E-state index contributed by atoms with van der Waals surface area (Å²) < 4.78 is 0. The van der Waals surface area contributed by atoms with E-state index in [9.17, 15) is 4.79 Å². The smallest absolute Gasteiger partial charge is 0.312 e. The van der Waals surface area contributed by atoms with Crippen molar-refractivity contribution in [3.05, 3.63) is 40.4 Å². The highest BCUT2D eigenvalue weighted by molar-refractivity contribution is 6.33. The predicted octanol–water partition coefficient (Wildman–Crippen LogP) is 2.66. The molecule has 1 aromatic carbocycles. The molecule has 0 spiro atoms. The van der Waals surface area contributed by atoms with E-state index in [1.165, 1.54) is 0 Å². The molecule has 0 radical (unpaired) electrons. The van der Waals surface area contributed by atoms with Crippen LogP contribution < -0.4 is 0 Å². The van der Waals surface area contributed by atoms with Crippen LogP contribution in [0.5, 0.6) is 0 Å². The van der Waals surface area contributed by atoms with E-state index in [1.807, 2.05) is 18.2 Å². The van der Waals surface area contributed by atoms with Crippen LogP contribution in [0.4, 0.5) is 0 Å². The van der Waals surface area contributed by atoms with Gasteiger partial charge in [-0.2, -0.15) is 0 Å². The number of hydrogen-bond donors (Lipinski definition) is 0. The third kappa shape index (κ3) is 1.92. The number of carbonyl (C=O) groups excluding carboxylic acids is 1. The van der Waals surface area contributed by atoms with Gasteiger partial charge in [-0.3, -0.25) is 0 Å². The van der Waals surface area contributed by atoms with Crippen molar-refractivity contribution in [3.8, 4) is 0 Å². The Morgan fingerprint density at radius 3 is 2.73 bits per heavy atom. The van der Waals surface area contributed by atoms with Crippen molar-refractivity contribution in [3.63, 3.8) is 0 Å². The number of oxime groups is 1. The molecule has 0 fully saturated rings. The topological polar surface area (TPSA) is 38.7 Å². The predicted molar refractivity (Wildman–Crippen MR) is 58.6 cm³/mol. The fraction of sp³-hybridized carbons (Fsp3) is 0.0909. The average molecular weight is 222 g/mol. The lowest BCUT2D eigenvalue weighted by molar-refractivity contribution is -0.136. The molecule has 1 heterocycles. The third-order valence-corrected chi connectivity index (χ3v) is 2.42. The molecule has 3 nitrogen and oxygen atoms in total. The molecule has 1 aromatic rings. The number of hydrogen-bond acceptors (Lipinski definition) is 3. The molecular weight excluding hydrogens is 214 g/mol. The van der Waals surface area contributed by atoms with Gasteiger partial charge in [-0.1, -0.05) is 35.0 Å². The summed E-state index contributed by atoms with van der Waals surface area (Å²) in [4.78, 5) is 15.8. The Morgan fingerprint density at radius 1 is 1.40 bits per heavy atom. The lowest BCUT2D eigenvalue weighted by Gasteiger charge is -1.98. The molecule has 0 aliphatic carbocycles. The van der Waals surface area contributed by atoms with Crippen LogP contribution in [-0.2, 0) is 9.63 Å². The molecule has 4 heteroatoms. The van der Waals surface area contributed by atoms with Crippen LogP contribution >= 0.6 is 11.6 Å². The van der Waals surface area contributed by atoms with E-state index in [0.29, 0.717) is 16.3 Å². The van der Waals surface area contributed by atoms with E-state index in [2.05, 4.69) is 9.99 Å². The number of carbonyl (C=O) groups is 1. The van der Waals surface area contributed by atoms with Crippen LogP contribution in [-0.4, -0.2) is 11.7 Å². The molecule has 15 heavy (non-hydrogen) atoms. The minimum absolute atomic E-state index is 0.438. The maximum atomic E-state index is 11.3. The van der Waals surface area contributed by atoms with Gasteiger partial charge in [0, 0.05) is 5.02 Å². The summed E-state index contributed by atoms with van der Waals surface area (Å²) in [6.45, 7) is 1.72. The quantitative estimate of drug-likeness (QED) is 0.540. The Hall–Kier alpha value is -1.61. The summed E-state index contributed by atoms with van der Waals surface area (Å²) >= 11 is 5.96. The van der Waals surface area contributed by atoms with E-state index >= 15 is 0 Å². The number of nitrogens with zero attached hydrogens (tertiary/aromatic N) is 1. The molecular formula is C11H8ClNO2. The Kier molecular flexibility index (Phi) is 2.56. The first-order valence-electron chi connectivity index (χ1n) is 4.41. The SMILES string of the molecule is CC1=NOC(=O)C1=Cc1ccccc1Cl. The monoisotopic (exact) mass is 221 g/mol. The molecule has 0 amide bonds. The zero-order valence-corrected chi connectivity index (χ0v) is 8.78. The minimum Gasteiger partial charge on any atom is -0.312 e. The molecule has 76 valence electrons. The van der Waals surface area contributed by atoms with Gasteiger partial charge in [0.05, 0.1) is 11.3 Å². The van der Waals surface area contributed by atoms with Gasteiger partial charge < -0.3 is 4.84 Å². The normalized spacial score (nSPS) is 17.9. The van der Waals surface area contributed by atoms with Crippen LogP contribution in [0, 0.1) is 0 Å². The Labute approximate surface area is 92.0 Å². The van der Waals surface area contributed by atoms with Crippen molar-refractivity contribution in [2.45, 2.75) is 6.92 Å². The molecule has 0 saturated heterocycles. The molecule has 0 bridgehead atoms. The highest BCUT2D eigenvalue weighted by Gasteiger charge is 2.21. The lowest BCUT2D eigenvalue weighted by atomic mass is 10.1. The number of benzene rings is 1. The maximum Gasteiger partial charge on any atom is 0.367 e. The fourth-order valence-corrected chi connectivity index (χ4v) is 1.46. The highest BCUT2D eigenvalue weighted by atomic mass is 35.5. The second-order valence-electron chi connectivity index (χ2n) is 3.13. The van der Waals surface area contributed by atoms with Gasteiger partial charge in [0.2, 0.25) is 0 Å². The van der Waals surface area contributed by atoms with Gasteiger partial charge in [-0.05, 0) is 24.6 Å². The van der Waals surface area contributed by atoms with Gasteiger partial charge in [-0.25, -0.2) is 4.79 Å². The highest BCUT2D eigenvalue weighted by Crippen LogP contribution is 2.21. The van der Waals surface area contributed by atoms with Crippen LogP contribution in [0.25, 0.3) is 6.08 Å². The fourth-order valence-electron chi connectivity index (χ4n) is 1.27. The van der Waals surface area contributed by atoms with Gasteiger partial charge in [0.15, 0.2) is 0 Å². The van der Waals surface area contributed by atoms with E-state index < -0.39 is 5.97 Å². The van der Waals surface area contributed by atoms with Gasteiger partial charge in [0.1, 0.15) is 0 Å². The molecule has 0 atom stereocenters. The van der Waals surface area contributed by atoms with Crippen molar-refractivity contribution < 1.29 is 9.63 Å². The van der Waals surface area contributed by atoms with Crippen LogP contribution in [0.3, 0.4) is 0 Å². The largest absolute Gasteiger partial charge is 0.367 e. The van der Waals surface area contributed by atoms with Crippen molar-refractivity contribution in [2.24, 2.45) is 5.16 Å². The molecule has 0 unspecified atom stereocenters. The Balaban J connectivity index is 2.43. The van der Waals surface area contributed by atoms with E-state index in [-0.39, 0.29) is 0 Å². The molecule has 0 saturated carbocycles. The number of halogens is 1. The summed E-state index contributed by atoms with van der Waals surface area (Å²) in [5.41, 5.74) is 1.80. The second-order valence-corrected chi connectivity index (χ2v) is 3.54. The van der Waals surface area contributed by atoms with Crippen molar-refractivity contribution in [1.29, 1.82) is 0 Å². The first-order chi connectivity index (χ1) is 7.18.